The Labute approximate surface area is 90.0 Å². The maximum atomic E-state index is 4.22. The maximum absolute atomic E-state index is 4.22. The Morgan fingerprint density at radius 3 is 2.14 bits per heavy atom. The fourth-order valence-corrected chi connectivity index (χ4v) is 1.79. The van der Waals surface area contributed by atoms with Crippen LogP contribution in [0.2, 0.25) is 0 Å². The van der Waals surface area contributed by atoms with Crippen LogP contribution in [0.5, 0.6) is 0 Å². The predicted molar refractivity (Wildman–Crippen MR) is 66.7 cm³/mol. The van der Waals surface area contributed by atoms with Gasteiger partial charge in [0, 0.05) is 32.4 Å². The Balaban J connectivity index is 2.93. The molecule has 0 saturated carbocycles. The molecule has 0 spiro atoms. The number of benzene rings is 1. The second-order valence-electron chi connectivity index (χ2n) is 3.17. The van der Waals surface area contributed by atoms with Gasteiger partial charge in [0.05, 0.1) is 5.04 Å². The van der Waals surface area contributed by atoms with E-state index >= 15 is 0 Å². The number of aliphatic imine (C=N–C) groups is 1. The molecule has 0 radical (unpaired) electrons. The highest BCUT2D eigenvalue weighted by Gasteiger charge is 2.01. The SMILES string of the molecule is C/N=C(\SC)c1ccc(N(C)C)cc1. The zero-order valence-corrected chi connectivity index (χ0v) is 9.93. The molecule has 0 heterocycles. The molecule has 0 atom stereocenters. The van der Waals surface area contributed by atoms with Crippen LogP contribution in [0.3, 0.4) is 0 Å². The summed E-state index contributed by atoms with van der Waals surface area (Å²) in [7, 11) is 5.91. The smallest absolute Gasteiger partial charge is 0.0970 e. The average molecular weight is 208 g/mol. The molecule has 1 aromatic rings. The molecular formula is C11H16N2S. The maximum Gasteiger partial charge on any atom is 0.0970 e. The van der Waals surface area contributed by atoms with Crippen molar-refractivity contribution in [1.29, 1.82) is 0 Å². The fourth-order valence-electron chi connectivity index (χ4n) is 1.24. The molecule has 0 bridgehead atoms. The number of hydrogen-bond acceptors (Lipinski definition) is 3. The van der Waals surface area contributed by atoms with Crippen molar-refractivity contribution >= 4 is 22.5 Å². The van der Waals surface area contributed by atoms with Crippen molar-refractivity contribution in [2.24, 2.45) is 4.99 Å². The largest absolute Gasteiger partial charge is 0.378 e. The molecule has 0 N–H and O–H groups in total. The lowest BCUT2D eigenvalue weighted by molar-refractivity contribution is 1.13. The molecule has 0 aliphatic rings. The fraction of sp³-hybridized carbons (Fsp3) is 0.364. The number of nitrogens with zero attached hydrogens (tertiary/aromatic N) is 2. The molecule has 0 fully saturated rings. The van der Waals surface area contributed by atoms with Crippen LogP contribution in [0, 0.1) is 0 Å². The molecule has 0 amide bonds. The van der Waals surface area contributed by atoms with Crippen LogP contribution in [0.1, 0.15) is 5.56 Å². The minimum Gasteiger partial charge on any atom is -0.378 e. The van der Waals surface area contributed by atoms with Gasteiger partial charge in [0.1, 0.15) is 0 Å². The molecule has 76 valence electrons. The van der Waals surface area contributed by atoms with Crippen molar-refractivity contribution in [3.8, 4) is 0 Å². The van der Waals surface area contributed by atoms with Gasteiger partial charge in [-0.2, -0.15) is 0 Å². The second-order valence-corrected chi connectivity index (χ2v) is 3.97. The Hall–Kier alpha value is -0.960. The average Bonchev–Trinajstić information content (AvgIpc) is 2.20. The van der Waals surface area contributed by atoms with E-state index in [0.717, 1.165) is 5.04 Å². The van der Waals surface area contributed by atoms with Crippen molar-refractivity contribution in [2.75, 3.05) is 32.3 Å². The van der Waals surface area contributed by atoms with Gasteiger partial charge in [0.15, 0.2) is 0 Å². The third kappa shape index (κ3) is 2.51. The molecule has 0 aromatic heterocycles. The third-order valence-corrected chi connectivity index (χ3v) is 2.83. The summed E-state index contributed by atoms with van der Waals surface area (Å²) in [5.74, 6) is 0. The van der Waals surface area contributed by atoms with E-state index in [1.165, 1.54) is 11.3 Å². The summed E-state index contributed by atoms with van der Waals surface area (Å²) < 4.78 is 0. The number of hydrogen-bond donors (Lipinski definition) is 0. The zero-order valence-electron chi connectivity index (χ0n) is 9.11. The summed E-state index contributed by atoms with van der Waals surface area (Å²) in [5.41, 5.74) is 2.40. The van der Waals surface area contributed by atoms with Crippen LogP contribution >= 0.6 is 11.8 Å². The molecule has 0 unspecified atom stereocenters. The van der Waals surface area contributed by atoms with E-state index in [2.05, 4.69) is 34.2 Å². The van der Waals surface area contributed by atoms with Crippen LogP contribution in [-0.4, -0.2) is 32.4 Å². The van der Waals surface area contributed by atoms with Gasteiger partial charge in [-0.15, -0.1) is 11.8 Å². The summed E-state index contributed by atoms with van der Waals surface area (Å²) in [6, 6.07) is 8.43. The van der Waals surface area contributed by atoms with Crippen LogP contribution in [0.25, 0.3) is 0 Å². The second kappa shape index (κ2) is 5.05. The molecule has 1 aromatic carbocycles. The molecule has 0 aliphatic carbocycles. The van der Waals surface area contributed by atoms with Gasteiger partial charge >= 0.3 is 0 Å². The lowest BCUT2D eigenvalue weighted by atomic mass is 10.2. The quantitative estimate of drug-likeness (QED) is 0.548. The molecule has 14 heavy (non-hydrogen) atoms. The Morgan fingerprint density at radius 1 is 1.21 bits per heavy atom. The van der Waals surface area contributed by atoms with Crippen LogP contribution < -0.4 is 4.90 Å². The molecule has 3 heteroatoms. The first-order chi connectivity index (χ1) is 6.69. The van der Waals surface area contributed by atoms with Crippen molar-refractivity contribution in [3.05, 3.63) is 29.8 Å². The first-order valence-electron chi connectivity index (χ1n) is 4.47. The van der Waals surface area contributed by atoms with Crippen molar-refractivity contribution in [1.82, 2.24) is 0 Å². The van der Waals surface area contributed by atoms with Gasteiger partial charge in [0.2, 0.25) is 0 Å². The highest BCUT2D eigenvalue weighted by atomic mass is 32.2. The lowest BCUT2D eigenvalue weighted by Crippen LogP contribution is -2.08. The first-order valence-corrected chi connectivity index (χ1v) is 5.70. The third-order valence-electron chi connectivity index (χ3n) is 2.03. The Kier molecular flexibility index (Phi) is 4.01. The van der Waals surface area contributed by atoms with E-state index in [1.807, 2.05) is 27.4 Å². The summed E-state index contributed by atoms with van der Waals surface area (Å²) in [5, 5.41) is 1.08. The molecule has 1 rings (SSSR count). The number of rotatable bonds is 2. The van der Waals surface area contributed by atoms with E-state index in [-0.39, 0.29) is 0 Å². The van der Waals surface area contributed by atoms with E-state index in [1.54, 1.807) is 11.8 Å². The Bertz CT molecular complexity index is 315. The normalized spacial score (nSPS) is 11.6. The lowest BCUT2D eigenvalue weighted by Gasteiger charge is -2.12. The zero-order chi connectivity index (χ0) is 10.6. The summed E-state index contributed by atoms with van der Waals surface area (Å²) in [6.45, 7) is 0. The summed E-state index contributed by atoms with van der Waals surface area (Å²) >= 11 is 1.67. The number of anilines is 1. The van der Waals surface area contributed by atoms with Crippen LogP contribution in [0.4, 0.5) is 5.69 Å². The highest BCUT2D eigenvalue weighted by molar-refractivity contribution is 8.13. The molecule has 0 aliphatic heterocycles. The van der Waals surface area contributed by atoms with Gasteiger partial charge in [-0.3, -0.25) is 4.99 Å². The minimum absolute atomic E-state index is 1.08. The molecule has 2 nitrogen and oxygen atoms in total. The van der Waals surface area contributed by atoms with Gasteiger partial charge < -0.3 is 4.90 Å². The topological polar surface area (TPSA) is 15.6 Å². The first kappa shape index (κ1) is 11.1. The summed E-state index contributed by atoms with van der Waals surface area (Å²) in [4.78, 5) is 6.31. The van der Waals surface area contributed by atoms with Gasteiger partial charge in [-0.25, -0.2) is 0 Å². The van der Waals surface area contributed by atoms with Crippen molar-refractivity contribution in [2.45, 2.75) is 0 Å². The predicted octanol–water partition coefficient (Wildman–Crippen LogP) is 2.49. The van der Waals surface area contributed by atoms with Crippen LogP contribution in [-0.2, 0) is 0 Å². The summed E-state index contributed by atoms with van der Waals surface area (Å²) in [6.07, 6.45) is 2.04. The van der Waals surface area contributed by atoms with E-state index in [0.29, 0.717) is 0 Å². The Morgan fingerprint density at radius 2 is 1.79 bits per heavy atom. The van der Waals surface area contributed by atoms with Crippen molar-refractivity contribution in [3.63, 3.8) is 0 Å². The highest BCUT2D eigenvalue weighted by Crippen LogP contribution is 2.16. The van der Waals surface area contributed by atoms with Gasteiger partial charge in [-0.05, 0) is 18.4 Å². The minimum atomic E-state index is 1.08. The monoisotopic (exact) mass is 208 g/mol. The van der Waals surface area contributed by atoms with Crippen LogP contribution in [0.15, 0.2) is 29.3 Å². The molecular weight excluding hydrogens is 192 g/mol. The van der Waals surface area contributed by atoms with Gasteiger partial charge in [-0.1, -0.05) is 12.1 Å². The van der Waals surface area contributed by atoms with E-state index in [4.69, 9.17) is 0 Å². The van der Waals surface area contributed by atoms with Crippen molar-refractivity contribution < 1.29 is 0 Å². The van der Waals surface area contributed by atoms with E-state index in [9.17, 15) is 0 Å². The van der Waals surface area contributed by atoms with E-state index < -0.39 is 0 Å². The number of thioether (sulfide) groups is 1. The van der Waals surface area contributed by atoms with Gasteiger partial charge in [0.25, 0.3) is 0 Å². The molecule has 0 saturated heterocycles. The standard InChI is InChI=1S/C11H16N2S/c1-12-11(14-4)9-5-7-10(8-6-9)13(2)3/h5-8H,1-4H3/b12-11-.